The Morgan fingerprint density at radius 2 is 2.30 bits per heavy atom. The number of hydrogen-bond acceptors (Lipinski definition) is 2. The molecule has 0 atom stereocenters. The molecule has 1 fully saturated rings. The molecule has 2 N–H and O–H groups in total. The monoisotopic (exact) mass is 139 g/mol. The van der Waals surface area contributed by atoms with Crippen molar-refractivity contribution in [2.75, 3.05) is 0 Å². The summed E-state index contributed by atoms with van der Waals surface area (Å²) in [4.78, 5) is 11.1. The Bertz CT molecular complexity index is 159. The number of carbonyl (C=O) groups excluding carboxylic acids is 1. The van der Waals surface area contributed by atoms with Crippen molar-refractivity contribution in [3.8, 4) is 0 Å². The van der Waals surface area contributed by atoms with Crippen LogP contribution in [0.1, 0.15) is 25.7 Å². The topological polar surface area (TPSA) is 43.1 Å². The molecule has 2 nitrogen and oxygen atoms in total. The van der Waals surface area contributed by atoms with Crippen molar-refractivity contribution in [1.29, 1.82) is 0 Å². The Kier molecular flexibility index (Phi) is 1.90. The number of hydrogen-bond donors (Lipinski definition) is 1. The van der Waals surface area contributed by atoms with Crippen LogP contribution >= 0.6 is 0 Å². The number of nitrogens with two attached hydrogens (primary N) is 1. The average molecular weight is 139 g/mol. The number of carbonyl (C=O) groups is 1. The zero-order valence-corrected chi connectivity index (χ0v) is 6.10. The van der Waals surface area contributed by atoms with Gasteiger partial charge in [-0.25, -0.2) is 0 Å². The van der Waals surface area contributed by atoms with Gasteiger partial charge in [0.1, 0.15) is 0 Å². The second-order valence-electron chi connectivity index (χ2n) is 2.91. The van der Waals surface area contributed by atoms with E-state index in [0.29, 0.717) is 6.42 Å². The lowest BCUT2D eigenvalue weighted by atomic mass is 10.1. The third kappa shape index (κ3) is 1.45. The van der Waals surface area contributed by atoms with E-state index < -0.39 is 5.54 Å². The van der Waals surface area contributed by atoms with Crippen molar-refractivity contribution < 1.29 is 4.79 Å². The summed E-state index contributed by atoms with van der Waals surface area (Å²) in [5, 5.41) is 0. The Morgan fingerprint density at radius 3 is 2.70 bits per heavy atom. The molecule has 1 aliphatic carbocycles. The normalized spacial score (nSPS) is 20.1. The van der Waals surface area contributed by atoms with Crippen LogP contribution in [0.15, 0.2) is 12.7 Å². The molecule has 0 unspecified atom stereocenters. The van der Waals surface area contributed by atoms with Crippen molar-refractivity contribution in [3.63, 3.8) is 0 Å². The zero-order valence-electron chi connectivity index (χ0n) is 6.10. The molecule has 0 heterocycles. The first-order valence-corrected chi connectivity index (χ1v) is 3.62. The summed E-state index contributed by atoms with van der Waals surface area (Å²) in [6, 6.07) is 0. The van der Waals surface area contributed by atoms with Gasteiger partial charge in [-0.1, -0.05) is 6.08 Å². The van der Waals surface area contributed by atoms with Gasteiger partial charge in [0.15, 0.2) is 5.78 Å². The molecule has 0 aromatic rings. The van der Waals surface area contributed by atoms with Crippen LogP contribution in [0.2, 0.25) is 0 Å². The molecule has 0 aromatic heterocycles. The second-order valence-corrected chi connectivity index (χ2v) is 2.91. The van der Waals surface area contributed by atoms with Crippen LogP contribution in [0.3, 0.4) is 0 Å². The Labute approximate surface area is 61.1 Å². The van der Waals surface area contributed by atoms with Gasteiger partial charge in [-0.3, -0.25) is 4.79 Å². The Hall–Kier alpha value is -0.630. The molecule has 0 spiro atoms. The summed E-state index contributed by atoms with van der Waals surface area (Å²) in [6.07, 6.45) is 4.84. The molecule has 0 aliphatic heterocycles. The first-order valence-electron chi connectivity index (χ1n) is 3.62. The zero-order chi connectivity index (χ0) is 7.61. The number of allylic oxidation sites excluding steroid dienone is 1. The molecule has 1 aliphatic rings. The van der Waals surface area contributed by atoms with Gasteiger partial charge in [0.2, 0.25) is 0 Å². The molecular formula is C8H13NO. The van der Waals surface area contributed by atoms with E-state index in [4.69, 9.17) is 5.73 Å². The molecule has 0 bridgehead atoms. The number of ketones is 1. The van der Waals surface area contributed by atoms with Crippen LogP contribution in [-0.4, -0.2) is 11.3 Å². The smallest absolute Gasteiger partial charge is 0.152 e. The molecule has 0 aromatic carbocycles. The van der Waals surface area contributed by atoms with E-state index in [1.807, 2.05) is 0 Å². The first-order chi connectivity index (χ1) is 4.69. The molecule has 10 heavy (non-hydrogen) atoms. The fourth-order valence-electron chi connectivity index (χ4n) is 0.896. The van der Waals surface area contributed by atoms with Crippen molar-refractivity contribution in [1.82, 2.24) is 0 Å². The summed E-state index contributed by atoms with van der Waals surface area (Å²) in [7, 11) is 0. The lowest BCUT2D eigenvalue weighted by Crippen LogP contribution is -2.32. The highest BCUT2D eigenvalue weighted by Gasteiger charge is 2.44. The molecule has 1 saturated carbocycles. The van der Waals surface area contributed by atoms with Gasteiger partial charge in [0.25, 0.3) is 0 Å². The van der Waals surface area contributed by atoms with Gasteiger partial charge in [-0.05, 0) is 19.3 Å². The van der Waals surface area contributed by atoms with Crippen LogP contribution < -0.4 is 5.73 Å². The summed E-state index contributed by atoms with van der Waals surface area (Å²) in [5.41, 5.74) is 5.22. The van der Waals surface area contributed by atoms with Crippen molar-refractivity contribution in [2.45, 2.75) is 31.2 Å². The van der Waals surface area contributed by atoms with E-state index in [1.54, 1.807) is 6.08 Å². The molecule has 56 valence electrons. The molecule has 0 radical (unpaired) electrons. The Balaban J connectivity index is 2.28. The van der Waals surface area contributed by atoms with Gasteiger partial charge in [-0.2, -0.15) is 0 Å². The highest BCUT2D eigenvalue weighted by atomic mass is 16.1. The maximum atomic E-state index is 11.1. The third-order valence-electron chi connectivity index (χ3n) is 1.92. The van der Waals surface area contributed by atoms with Crippen LogP contribution in [0.5, 0.6) is 0 Å². The van der Waals surface area contributed by atoms with Crippen molar-refractivity contribution in [3.05, 3.63) is 12.7 Å². The van der Waals surface area contributed by atoms with Crippen molar-refractivity contribution in [2.24, 2.45) is 5.73 Å². The maximum absolute atomic E-state index is 11.1. The van der Waals surface area contributed by atoms with Crippen molar-refractivity contribution >= 4 is 5.78 Å². The molecule has 2 heteroatoms. The van der Waals surface area contributed by atoms with Crippen LogP contribution in [0, 0.1) is 0 Å². The van der Waals surface area contributed by atoms with Gasteiger partial charge < -0.3 is 5.73 Å². The fourth-order valence-corrected chi connectivity index (χ4v) is 0.896. The summed E-state index contributed by atoms with van der Waals surface area (Å²) >= 11 is 0. The highest BCUT2D eigenvalue weighted by Crippen LogP contribution is 2.34. The van der Waals surface area contributed by atoms with Gasteiger partial charge >= 0.3 is 0 Å². The van der Waals surface area contributed by atoms with Gasteiger partial charge in [-0.15, -0.1) is 6.58 Å². The minimum Gasteiger partial charge on any atom is -0.319 e. The predicted molar refractivity (Wildman–Crippen MR) is 40.6 cm³/mol. The lowest BCUT2D eigenvalue weighted by Gasteiger charge is -2.04. The molecular weight excluding hydrogens is 126 g/mol. The molecule has 0 saturated heterocycles. The van der Waals surface area contributed by atoms with E-state index in [9.17, 15) is 4.79 Å². The summed E-state index contributed by atoms with van der Waals surface area (Å²) < 4.78 is 0. The van der Waals surface area contributed by atoms with E-state index in [1.165, 1.54) is 0 Å². The summed E-state index contributed by atoms with van der Waals surface area (Å²) in [5.74, 6) is 0.201. The van der Waals surface area contributed by atoms with E-state index in [-0.39, 0.29) is 5.78 Å². The standard InChI is InChI=1S/C8H13NO/c1-2-3-4-7(10)8(9)5-6-8/h2H,1,3-6,9H2. The highest BCUT2D eigenvalue weighted by molar-refractivity contribution is 5.91. The van der Waals surface area contributed by atoms with E-state index >= 15 is 0 Å². The minimum absolute atomic E-state index is 0.201. The SMILES string of the molecule is C=CCCC(=O)C1(N)CC1. The van der Waals surface area contributed by atoms with E-state index in [0.717, 1.165) is 19.3 Å². The minimum atomic E-state index is -0.428. The predicted octanol–water partition coefficient (Wildman–Crippen LogP) is 1.01. The number of Topliss-reactive ketones (excluding diaryl/α,β-unsaturated/α-hetero) is 1. The maximum Gasteiger partial charge on any atom is 0.152 e. The van der Waals surface area contributed by atoms with Crippen LogP contribution in [-0.2, 0) is 4.79 Å². The molecule has 0 amide bonds. The van der Waals surface area contributed by atoms with Crippen LogP contribution in [0.4, 0.5) is 0 Å². The fraction of sp³-hybridized carbons (Fsp3) is 0.625. The number of rotatable bonds is 4. The lowest BCUT2D eigenvalue weighted by molar-refractivity contribution is -0.121. The van der Waals surface area contributed by atoms with Crippen LogP contribution in [0.25, 0.3) is 0 Å². The first kappa shape index (κ1) is 7.48. The van der Waals surface area contributed by atoms with Gasteiger partial charge in [0, 0.05) is 6.42 Å². The largest absolute Gasteiger partial charge is 0.319 e. The molecule has 1 rings (SSSR count). The second kappa shape index (κ2) is 2.54. The quantitative estimate of drug-likeness (QED) is 0.591. The van der Waals surface area contributed by atoms with E-state index in [2.05, 4.69) is 6.58 Å². The Morgan fingerprint density at radius 1 is 1.70 bits per heavy atom. The summed E-state index contributed by atoms with van der Waals surface area (Å²) in [6.45, 7) is 3.54. The average Bonchev–Trinajstić information content (AvgIpc) is 2.64. The third-order valence-corrected chi connectivity index (χ3v) is 1.92. The van der Waals surface area contributed by atoms with Gasteiger partial charge in [0.05, 0.1) is 5.54 Å².